The van der Waals surface area contributed by atoms with E-state index in [1.165, 1.54) is 43.4 Å². The summed E-state index contributed by atoms with van der Waals surface area (Å²) in [6.45, 7) is 8.75. The number of allylic oxidation sites excluding steroid dienone is 1. The standard InChI is InChI=1S/C18H25N/c1-3-10-16-11-8-9-14-18(16)19(15-4-2)17-12-6-5-7-13-17/h3-4,8-9,11,14,17H,1-2,5-7,10,12-13,15H2. The fraction of sp³-hybridized carbons (Fsp3) is 0.444. The maximum Gasteiger partial charge on any atom is 0.0407 e. The van der Waals surface area contributed by atoms with E-state index < -0.39 is 0 Å². The molecule has 1 fully saturated rings. The zero-order valence-corrected chi connectivity index (χ0v) is 11.9. The van der Waals surface area contributed by atoms with E-state index in [-0.39, 0.29) is 0 Å². The molecule has 0 N–H and O–H groups in total. The maximum absolute atomic E-state index is 3.93. The first-order valence-electron chi connectivity index (χ1n) is 7.43. The number of hydrogen-bond donors (Lipinski definition) is 0. The van der Waals surface area contributed by atoms with E-state index in [0.717, 1.165) is 13.0 Å². The Morgan fingerprint density at radius 1 is 1.05 bits per heavy atom. The number of anilines is 1. The molecule has 1 aromatic rings. The summed E-state index contributed by atoms with van der Waals surface area (Å²) in [5.74, 6) is 0. The number of hydrogen-bond acceptors (Lipinski definition) is 1. The van der Waals surface area contributed by atoms with Gasteiger partial charge >= 0.3 is 0 Å². The molecule has 0 atom stereocenters. The van der Waals surface area contributed by atoms with E-state index in [1.54, 1.807) is 0 Å². The Labute approximate surface area is 117 Å². The van der Waals surface area contributed by atoms with Crippen LogP contribution < -0.4 is 4.90 Å². The van der Waals surface area contributed by atoms with Gasteiger partial charge in [0.2, 0.25) is 0 Å². The molecule has 0 radical (unpaired) electrons. The first-order chi connectivity index (χ1) is 9.36. The topological polar surface area (TPSA) is 3.24 Å². The van der Waals surface area contributed by atoms with Gasteiger partial charge in [0, 0.05) is 18.3 Å². The van der Waals surface area contributed by atoms with Crippen LogP contribution in [0.4, 0.5) is 5.69 Å². The van der Waals surface area contributed by atoms with Crippen molar-refractivity contribution in [1.29, 1.82) is 0 Å². The molecule has 0 aromatic heterocycles. The van der Waals surface area contributed by atoms with Crippen LogP contribution in [-0.2, 0) is 6.42 Å². The molecule has 0 saturated heterocycles. The zero-order valence-electron chi connectivity index (χ0n) is 11.9. The van der Waals surface area contributed by atoms with E-state index in [1.807, 2.05) is 12.2 Å². The lowest BCUT2D eigenvalue weighted by molar-refractivity contribution is 0.421. The third-order valence-corrected chi connectivity index (χ3v) is 4.01. The molecule has 1 aromatic carbocycles. The molecule has 0 heterocycles. The Kier molecular flexibility index (Phi) is 5.26. The molecule has 1 saturated carbocycles. The lowest BCUT2D eigenvalue weighted by Crippen LogP contribution is -2.37. The number of rotatable bonds is 6. The SMILES string of the molecule is C=CCc1ccccc1N(CC=C)C1CCCCC1. The fourth-order valence-electron chi connectivity index (χ4n) is 3.10. The van der Waals surface area contributed by atoms with Crippen molar-refractivity contribution >= 4 is 5.69 Å². The molecule has 1 heteroatoms. The Hall–Kier alpha value is -1.50. The fourth-order valence-corrected chi connectivity index (χ4v) is 3.10. The average Bonchev–Trinajstić information content (AvgIpc) is 2.47. The summed E-state index contributed by atoms with van der Waals surface area (Å²) in [5.41, 5.74) is 2.75. The van der Waals surface area contributed by atoms with Crippen molar-refractivity contribution < 1.29 is 0 Å². The van der Waals surface area contributed by atoms with Crippen molar-refractivity contribution in [3.05, 3.63) is 55.1 Å². The van der Waals surface area contributed by atoms with Gasteiger partial charge in [-0.1, -0.05) is 49.6 Å². The van der Waals surface area contributed by atoms with Crippen LogP contribution in [0.25, 0.3) is 0 Å². The van der Waals surface area contributed by atoms with E-state index in [4.69, 9.17) is 0 Å². The van der Waals surface area contributed by atoms with Gasteiger partial charge in [-0.3, -0.25) is 0 Å². The summed E-state index contributed by atoms with van der Waals surface area (Å²) in [6, 6.07) is 9.40. The van der Waals surface area contributed by atoms with E-state index >= 15 is 0 Å². The van der Waals surface area contributed by atoms with Crippen LogP contribution in [0.1, 0.15) is 37.7 Å². The molecule has 19 heavy (non-hydrogen) atoms. The van der Waals surface area contributed by atoms with E-state index in [9.17, 15) is 0 Å². The van der Waals surface area contributed by atoms with Crippen LogP contribution >= 0.6 is 0 Å². The molecule has 0 unspecified atom stereocenters. The third-order valence-electron chi connectivity index (χ3n) is 4.01. The number of para-hydroxylation sites is 1. The lowest BCUT2D eigenvalue weighted by atomic mass is 9.93. The Bertz CT molecular complexity index is 415. The van der Waals surface area contributed by atoms with Crippen molar-refractivity contribution in [3.63, 3.8) is 0 Å². The lowest BCUT2D eigenvalue weighted by Gasteiger charge is -2.36. The van der Waals surface area contributed by atoms with Gasteiger partial charge in [0.15, 0.2) is 0 Å². The minimum atomic E-state index is 0.678. The Balaban J connectivity index is 2.26. The summed E-state index contributed by atoms with van der Waals surface area (Å²) < 4.78 is 0. The third kappa shape index (κ3) is 3.50. The Morgan fingerprint density at radius 2 is 1.79 bits per heavy atom. The summed E-state index contributed by atoms with van der Waals surface area (Å²) in [7, 11) is 0. The first kappa shape index (κ1) is 13.9. The number of benzene rings is 1. The highest BCUT2D eigenvalue weighted by Gasteiger charge is 2.21. The van der Waals surface area contributed by atoms with Gasteiger partial charge in [0.05, 0.1) is 0 Å². The second kappa shape index (κ2) is 7.18. The van der Waals surface area contributed by atoms with Crippen molar-refractivity contribution in [3.8, 4) is 0 Å². The van der Waals surface area contributed by atoms with Crippen LogP contribution in [0.3, 0.4) is 0 Å². The van der Waals surface area contributed by atoms with Gasteiger partial charge in [-0.15, -0.1) is 13.2 Å². The molecule has 1 aliphatic carbocycles. The molecule has 1 nitrogen and oxygen atoms in total. The molecule has 102 valence electrons. The summed E-state index contributed by atoms with van der Waals surface area (Å²) in [5, 5.41) is 0. The van der Waals surface area contributed by atoms with Gasteiger partial charge in [-0.25, -0.2) is 0 Å². The van der Waals surface area contributed by atoms with Gasteiger partial charge in [-0.2, -0.15) is 0 Å². The van der Waals surface area contributed by atoms with Gasteiger partial charge in [0.1, 0.15) is 0 Å². The summed E-state index contributed by atoms with van der Waals surface area (Å²) in [4.78, 5) is 2.55. The van der Waals surface area contributed by atoms with Crippen LogP contribution in [-0.4, -0.2) is 12.6 Å². The summed E-state index contributed by atoms with van der Waals surface area (Å²) >= 11 is 0. The van der Waals surface area contributed by atoms with Gasteiger partial charge in [0.25, 0.3) is 0 Å². The summed E-state index contributed by atoms with van der Waals surface area (Å²) in [6.07, 6.45) is 11.7. The zero-order chi connectivity index (χ0) is 13.5. The van der Waals surface area contributed by atoms with Crippen molar-refractivity contribution in [1.82, 2.24) is 0 Å². The maximum atomic E-state index is 3.93. The van der Waals surface area contributed by atoms with Gasteiger partial charge in [-0.05, 0) is 30.9 Å². The van der Waals surface area contributed by atoms with Crippen molar-refractivity contribution in [2.45, 2.75) is 44.6 Å². The predicted octanol–water partition coefficient (Wildman–Crippen LogP) is 4.74. The van der Waals surface area contributed by atoms with Crippen LogP contribution in [0, 0.1) is 0 Å². The quantitative estimate of drug-likeness (QED) is 0.664. The van der Waals surface area contributed by atoms with E-state index in [0.29, 0.717) is 6.04 Å². The minimum absolute atomic E-state index is 0.678. The molecule has 1 aliphatic rings. The molecular formula is C18H25N. The molecule has 2 rings (SSSR count). The van der Waals surface area contributed by atoms with Crippen LogP contribution in [0.15, 0.2) is 49.6 Å². The molecule has 0 amide bonds. The van der Waals surface area contributed by atoms with E-state index in [2.05, 4.69) is 42.3 Å². The Morgan fingerprint density at radius 3 is 2.47 bits per heavy atom. The highest BCUT2D eigenvalue weighted by Crippen LogP contribution is 2.30. The smallest absolute Gasteiger partial charge is 0.0407 e. The predicted molar refractivity (Wildman–Crippen MR) is 84.8 cm³/mol. The van der Waals surface area contributed by atoms with Crippen LogP contribution in [0.5, 0.6) is 0 Å². The average molecular weight is 255 g/mol. The normalized spacial score (nSPS) is 16.0. The first-order valence-corrected chi connectivity index (χ1v) is 7.43. The highest BCUT2D eigenvalue weighted by molar-refractivity contribution is 5.55. The molecule has 0 spiro atoms. The monoisotopic (exact) mass is 255 g/mol. The molecule has 0 aliphatic heterocycles. The van der Waals surface area contributed by atoms with Crippen molar-refractivity contribution in [2.75, 3.05) is 11.4 Å². The number of nitrogens with zero attached hydrogens (tertiary/aromatic N) is 1. The second-order valence-corrected chi connectivity index (χ2v) is 5.35. The van der Waals surface area contributed by atoms with Gasteiger partial charge < -0.3 is 4.90 Å². The van der Waals surface area contributed by atoms with Crippen LogP contribution in [0.2, 0.25) is 0 Å². The highest BCUT2D eigenvalue weighted by atomic mass is 15.2. The van der Waals surface area contributed by atoms with Crippen molar-refractivity contribution in [2.24, 2.45) is 0 Å². The molecule has 0 bridgehead atoms. The molecular weight excluding hydrogens is 230 g/mol. The second-order valence-electron chi connectivity index (χ2n) is 5.35. The minimum Gasteiger partial charge on any atom is -0.365 e. The largest absolute Gasteiger partial charge is 0.365 e.